The highest BCUT2D eigenvalue weighted by molar-refractivity contribution is 5.89. The molecule has 12 heavy (non-hydrogen) atoms. The lowest BCUT2D eigenvalue weighted by molar-refractivity contribution is -0.695. The molecule has 4 heteroatoms. The van der Waals surface area contributed by atoms with E-state index >= 15 is 0 Å². The summed E-state index contributed by atoms with van der Waals surface area (Å²) in [5, 5.41) is 0. The van der Waals surface area contributed by atoms with E-state index in [0.29, 0.717) is 5.69 Å². The van der Waals surface area contributed by atoms with E-state index in [-0.39, 0.29) is 18.3 Å². The van der Waals surface area contributed by atoms with Crippen LogP contribution in [0.25, 0.3) is 0 Å². The van der Waals surface area contributed by atoms with Crippen LogP contribution in [-0.4, -0.2) is 5.91 Å². The molecule has 0 atom stereocenters. The van der Waals surface area contributed by atoms with E-state index in [4.69, 9.17) is 5.73 Å². The topological polar surface area (TPSA) is 47.0 Å². The molecule has 0 bridgehead atoms. The quantitative estimate of drug-likeness (QED) is 0.495. The normalized spacial score (nSPS) is 8.75. The molecule has 0 aliphatic rings. The van der Waals surface area contributed by atoms with Crippen LogP contribution < -0.4 is 22.7 Å². The number of hydrogen-bond acceptors (Lipinski definition) is 1. The number of nitrogens with zero attached hydrogens (tertiary/aromatic N) is 1. The van der Waals surface area contributed by atoms with Crippen LogP contribution in [0, 0.1) is 0 Å². The summed E-state index contributed by atoms with van der Waals surface area (Å²) in [5.74, 6) is -0.382. The van der Waals surface area contributed by atoms with Gasteiger partial charge < -0.3 is 18.1 Å². The number of carbonyl (C=O) groups is 1. The zero-order valence-electron chi connectivity index (χ0n) is 6.83. The predicted octanol–water partition coefficient (Wildman–Crippen LogP) is -2.90. The number of carbonyl (C=O) groups excluding carboxylic acids is 1. The average Bonchev–Trinajstić information content (AvgIpc) is 2.04. The maximum Gasteiger partial charge on any atom is 0.313 e. The minimum atomic E-state index is -0.382. The van der Waals surface area contributed by atoms with Gasteiger partial charge in [-0.2, -0.15) is 4.57 Å². The third kappa shape index (κ3) is 2.20. The second-order valence-corrected chi connectivity index (χ2v) is 2.24. The maximum atomic E-state index is 10.8. The number of aryl methyl sites for hydroxylation is 1. The van der Waals surface area contributed by atoms with Gasteiger partial charge in [0.1, 0.15) is 6.54 Å². The zero-order valence-corrected chi connectivity index (χ0v) is 7.58. The number of primary amides is 1. The first-order valence-corrected chi connectivity index (χ1v) is 3.54. The van der Waals surface area contributed by atoms with Crippen LogP contribution in [0.5, 0.6) is 0 Å². The van der Waals surface area contributed by atoms with Crippen molar-refractivity contribution in [1.82, 2.24) is 0 Å². The van der Waals surface area contributed by atoms with Crippen molar-refractivity contribution in [2.24, 2.45) is 5.73 Å². The molecule has 66 valence electrons. The molecule has 0 aliphatic heterocycles. The molecule has 0 radical (unpaired) electrons. The third-order valence-electron chi connectivity index (χ3n) is 1.53. The first-order valence-electron chi connectivity index (χ1n) is 3.54. The predicted molar refractivity (Wildman–Crippen MR) is 40.8 cm³/mol. The molecule has 1 aromatic rings. The molecule has 0 aliphatic carbocycles. The van der Waals surface area contributed by atoms with Gasteiger partial charge >= 0.3 is 5.91 Å². The number of amides is 1. The molecule has 0 aromatic carbocycles. The van der Waals surface area contributed by atoms with Crippen molar-refractivity contribution in [3.63, 3.8) is 0 Å². The molecule has 1 amide bonds. The lowest BCUT2D eigenvalue weighted by Gasteiger charge is -1.95. The van der Waals surface area contributed by atoms with E-state index in [9.17, 15) is 4.79 Å². The Morgan fingerprint density at radius 2 is 2.25 bits per heavy atom. The lowest BCUT2D eigenvalue weighted by Crippen LogP contribution is -3.00. The SMILES string of the molecule is CC[n+]1ccccc1C(N)=O.[Cl-]. The van der Waals surface area contributed by atoms with Gasteiger partial charge in [-0.15, -0.1) is 0 Å². The molecule has 0 unspecified atom stereocenters. The van der Waals surface area contributed by atoms with E-state index in [1.165, 1.54) is 0 Å². The van der Waals surface area contributed by atoms with Crippen molar-refractivity contribution in [3.05, 3.63) is 30.1 Å². The summed E-state index contributed by atoms with van der Waals surface area (Å²) < 4.78 is 1.81. The Morgan fingerprint density at radius 1 is 1.58 bits per heavy atom. The Labute approximate surface area is 77.6 Å². The standard InChI is InChI=1S/C8H10N2O.ClH/c1-2-10-6-4-3-5-7(10)8(9)11;/h3-6H,2H2,1H3,(H-,9,11);1H. The van der Waals surface area contributed by atoms with Crippen molar-refractivity contribution >= 4 is 5.91 Å². The number of hydrogen-bond donors (Lipinski definition) is 1. The van der Waals surface area contributed by atoms with Crippen LogP contribution in [-0.2, 0) is 6.54 Å². The van der Waals surface area contributed by atoms with Gasteiger partial charge in [0.2, 0.25) is 0 Å². The average molecular weight is 187 g/mol. The highest BCUT2D eigenvalue weighted by Crippen LogP contribution is 1.88. The first kappa shape index (κ1) is 10.9. The van der Waals surface area contributed by atoms with Crippen molar-refractivity contribution < 1.29 is 21.8 Å². The van der Waals surface area contributed by atoms with Crippen LogP contribution in [0.3, 0.4) is 0 Å². The molecule has 1 heterocycles. The van der Waals surface area contributed by atoms with Crippen molar-refractivity contribution in [3.8, 4) is 0 Å². The van der Waals surface area contributed by atoms with Crippen molar-refractivity contribution in [2.45, 2.75) is 13.5 Å². The highest BCUT2D eigenvalue weighted by atomic mass is 35.5. The molecule has 1 rings (SSSR count). The first-order chi connectivity index (χ1) is 5.25. The summed E-state index contributed by atoms with van der Waals surface area (Å²) >= 11 is 0. The second-order valence-electron chi connectivity index (χ2n) is 2.24. The van der Waals surface area contributed by atoms with E-state index in [1.54, 1.807) is 12.1 Å². The second kappa shape index (κ2) is 4.72. The van der Waals surface area contributed by atoms with Gasteiger partial charge in [0, 0.05) is 12.1 Å². The molecular formula is C8H11ClN2O. The van der Waals surface area contributed by atoms with Gasteiger partial charge in [-0.3, -0.25) is 4.79 Å². The fourth-order valence-electron chi connectivity index (χ4n) is 0.976. The van der Waals surface area contributed by atoms with Crippen LogP contribution in [0.1, 0.15) is 17.4 Å². The van der Waals surface area contributed by atoms with Crippen LogP contribution >= 0.6 is 0 Å². The zero-order chi connectivity index (χ0) is 8.27. The number of halogens is 1. The summed E-state index contributed by atoms with van der Waals surface area (Å²) in [6.07, 6.45) is 1.83. The Kier molecular flexibility index (Phi) is 4.29. The van der Waals surface area contributed by atoms with E-state index in [1.807, 2.05) is 23.8 Å². The highest BCUT2D eigenvalue weighted by Gasteiger charge is 2.11. The molecule has 0 saturated carbocycles. The minimum Gasteiger partial charge on any atom is -1.00 e. The Bertz CT molecular complexity index is 276. The molecule has 2 N–H and O–H groups in total. The van der Waals surface area contributed by atoms with Gasteiger partial charge in [-0.05, 0) is 13.0 Å². The summed E-state index contributed by atoms with van der Waals surface area (Å²) in [6.45, 7) is 2.73. The lowest BCUT2D eigenvalue weighted by atomic mass is 10.3. The van der Waals surface area contributed by atoms with Gasteiger partial charge in [0.25, 0.3) is 5.69 Å². The van der Waals surface area contributed by atoms with Crippen molar-refractivity contribution in [2.75, 3.05) is 0 Å². The monoisotopic (exact) mass is 186 g/mol. The number of rotatable bonds is 2. The van der Waals surface area contributed by atoms with E-state index in [0.717, 1.165) is 6.54 Å². The number of pyridine rings is 1. The number of nitrogens with two attached hydrogens (primary N) is 1. The minimum absolute atomic E-state index is 0. The fourth-order valence-corrected chi connectivity index (χ4v) is 0.976. The summed E-state index contributed by atoms with van der Waals surface area (Å²) in [4.78, 5) is 10.8. The largest absolute Gasteiger partial charge is 1.00 e. The third-order valence-corrected chi connectivity index (χ3v) is 1.53. The summed E-state index contributed by atoms with van der Waals surface area (Å²) in [6, 6.07) is 5.38. The van der Waals surface area contributed by atoms with Crippen LogP contribution in [0.15, 0.2) is 24.4 Å². The van der Waals surface area contributed by atoms with Gasteiger partial charge in [-0.1, -0.05) is 0 Å². The van der Waals surface area contributed by atoms with Crippen LogP contribution in [0.2, 0.25) is 0 Å². The Balaban J connectivity index is 0.00000121. The Morgan fingerprint density at radius 3 is 2.67 bits per heavy atom. The molecule has 0 fully saturated rings. The van der Waals surface area contributed by atoms with Crippen LogP contribution in [0.4, 0.5) is 0 Å². The number of aromatic nitrogens is 1. The van der Waals surface area contributed by atoms with Gasteiger partial charge in [-0.25, -0.2) is 0 Å². The van der Waals surface area contributed by atoms with Gasteiger partial charge in [0.15, 0.2) is 6.20 Å². The van der Waals surface area contributed by atoms with Crippen molar-refractivity contribution in [1.29, 1.82) is 0 Å². The molecule has 1 aromatic heterocycles. The fraction of sp³-hybridized carbons (Fsp3) is 0.250. The smallest absolute Gasteiger partial charge is 0.313 e. The maximum absolute atomic E-state index is 10.8. The summed E-state index contributed by atoms with van der Waals surface area (Å²) in [7, 11) is 0. The molecule has 3 nitrogen and oxygen atoms in total. The van der Waals surface area contributed by atoms with E-state index < -0.39 is 0 Å². The Hall–Kier alpha value is -1.09. The summed E-state index contributed by atoms with van der Waals surface area (Å²) in [5.41, 5.74) is 5.68. The van der Waals surface area contributed by atoms with E-state index in [2.05, 4.69) is 0 Å². The molecule has 0 saturated heterocycles. The molecule has 0 spiro atoms. The van der Waals surface area contributed by atoms with Gasteiger partial charge in [0.05, 0.1) is 0 Å². The molecular weight excluding hydrogens is 176 g/mol.